The van der Waals surface area contributed by atoms with E-state index in [9.17, 15) is 24.0 Å². The molecule has 0 saturated carbocycles. The number of nitrogens with one attached hydrogen (secondary N) is 2. The molecular weight excluding hydrogens is 836 g/mol. The zero-order chi connectivity index (χ0) is 45.3. The normalized spacial score (nSPS) is 20.1. The van der Waals surface area contributed by atoms with E-state index in [2.05, 4.69) is 44.3 Å². The smallest absolute Gasteiger partial charge is 0.329 e. The van der Waals surface area contributed by atoms with Gasteiger partial charge in [0.1, 0.15) is 17.4 Å². The van der Waals surface area contributed by atoms with E-state index < -0.39 is 29.4 Å². The van der Waals surface area contributed by atoms with Crippen molar-refractivity contribution in [2.45, 2.75) is 58.7 Å². The number of piperazine rings is 1. The molecule has 18 nitrogen and oxygen atoms in total. The topological polar surface area (TPSA) is 187 Å². The molecule has 2 atom stereocenters. The first-order valence-corrected chi connectivity index (χ1v) is 22.2. The van der Waals surface area contributed by atoms with Crippen molar-refractivity contribution in [3.8, 4) is 17.1 Å². The third-order valence-corrected chi connectivity index (χ3v) is 13.3. The first-order valence-electron chi connectivity index (χ1n) is 22.2. The number of aryl methyl sites for hydroxylation is 3. The van der Waals surface area contributed by atoms with E-state index in [4.69, 9.17) is 14.7 Å². The van der Waals surface area contributed by atoms with E-state index in [0.29, 0.717) is 98.9 Å². The first-order chi connectivity index (χ1) is 31.3. The molecule has 3 fully saturated rings. The van der Waals surface area contributed by atoms with Crippen LogP contribution in [0.3, 0.4) is 0 Å². The lowest BCUT2D eigenvalue weighted by Gasteiger charge is -2.44. The molecule has 0 aliphatic carbocycles. The largest absolute Gasteiger partial charge is 0.477 e. The highest BCUT2D eigenvalue weighted by molar-refractivity contribution is 6.05. The van der Waals surface area contributed by atoms with Gasteiger partial charge in [0.05, 0.1) is 52.2 Å². The summed E-state index contributed by atoms with van der Waals surface area (Å²) in [6.45, 7) is 9.27. The second-order valence-electron chi connectivity index (χ2n) is 17.9. The highest BCUT2D eigenvalue weighted by Gasteiger charge is 2.39. The number of ether oxygens (including phenoxy) is 1. The van der Waals surface area contributed by atoms with Crippen molar-refractivity contribution in [1.82, 2.24) is 48.6 Å². The van der Waals surface area contributed by atoms with Gasteiger partial charge < -0.3 is 19.1 Å². The van der Waals surface area contributed by atoms with E-state index in [1.54, 1.807) is 36.1 Å². The number of pyridine rings is 1. The number of carbonyl (C=O) groups is 4. The van der Waals surface area contributed by atoms with Gasteiger partial charge in [-0.3, -0.25) is 48.8 Å². The molecule has 4 aliphatic heterocycles. The van der Waals surface area contributed by atoms with Gasteiger partial charge in [0.15, 0.2) is 0 Å². The monoisotopic (exact) mass is 886 g/mol. The van der Waals surface area contributed by atoms with Gasteiger partial charge in [-0.15, -0.1) is 0 Å². The molecule has 6 aromatic rings. The number of rotatable bonds is 5. The fourth-order valence-corrected chi connectivity index (χ4v) is 9.84. The van der Waals surface area contributed by atoms with Crippen LogP contribution in [0.15, 0.2) is 53.5 Å². The van der Waals surface area contributed by atoms with E-state index in [1.807, 2.05) is 29.8 Å². The lowest BCUT2D eigenvalue weighted by Crippen LogP contribution is -2.58. The van der Waals surface area contributed by atoms with Crippen LogP contribution >= 0.6 is 0 Å². The van der Waals surface area contributed by atoms with Gasteiger partial charge in [-0.1, -0.05) is 13.0 Å². The Morgan fingerprint density at radius 2 is 1.72 bits per heavy atom. The number of benzene rings is 2. The quantitative estimate of drug-likeness (QED) is 0.240. The summed E-state index contributed by atoms with van der Waals surface area (Å²) in [4.78, 5) is 81.5. The van der Waals surface area contributed by atoms with Gasteiger partial charge in [-0.05, 0) is 74.1 Å². The maximum absolute atomic E-state index is 15.4. The number of aromatic nitrogens is 7. The van der Waals surface area contributed by atoms with Crippen LogP contribution in [0.2, 0.25) is 0 Å². The summed E-state index contributed by atoms with van der Waals surface area (Å²) in [5.74, 6) is -0.816. The summed E-state index contributed by atoms with van der Waals surface area (Å²) >= 11 is 0. The van der Waals surface area contributed by atoms with Crippen molar-refractivity contribution in [3.05, 3.63) is 81.8 Å². The maximum atomic E-state index is 15.4. The van der Waals surface area contributed by atoms with Crippen LogP contribution in [-0.2, 0) is 41.6 Å². The molecule has 2 aromatic carbocycles. The molecule has 338 valence electrons. The molecular formula is C46H51FN12O6. The number of piperidine rings is 1. The molecule has 8 heterocycles. The predicted molar refractivity (Wildman–Crippen MR) is 239 cm³/mol. The number of imide groups is 1. The molecule has 19 heteroatoms. The zero-order valence-corrected chi connectivity index (χ0v) is 36.8. The number of anilines is 2. The molecule has 1 unspecified atom stereocenters. The Morgan fingerprint density at radius 3 is 2.51 bits per heavy atom. The second-order valence-corrected chi connectivity index (χ2v) is 17.9. The molecule has 0 radical (unpaired) electrons. The summed E-state index contributed by atoms with van der Waals surface area (Å²) in [7, 11) is 3.37. The van der Waals surface area contributed by atoms with Crippen molar-refractivity contribution in [2.75, 3.05) is 56.1 Å². The van der Waals surface area contributed by atoms with E-state index in [1.165, 1.54) is 10.6 Å². The average molecular weight is 887 g/mol. The van der Waals surface area contributed by atoms with Crippen LogP contribution < -0.4 is 26.0 Å². The van der Waals surface area contributed by atoms with Gasteiger partial charge in [-0.25, -0.2) is 18.9 Å². The Morgan fingerprint density at radius 1 is 0.923 bits per heavy atom. The number of hydrogen-bond donors (Lipinski definition) is 2. The van der Waals surface area contributed by atoms with Crippen LogP contribution in [-0.4, -0.2) is 113 Å². The van der Waals surface area contributed by atoms with Gasteiger partial charge in [0, 0.05) is 84.1 Å². The Balaban J connectivity index is 0.806. The molecule has 0 spiro atoms. The fourth-order valence-electron chi connectivity index (χ4n) is 9.84. The van der Waals surface area contributed by atoms with Crippen molar-refractivity contribution >= 4 is 57.3 Å². The highest BCUT2D eigenvalue weighted by Crippen LogP contribution is 2.36. The van der Waals surface area contributed by atoms with E-state index >= 15 is 4.39 Å². The molecule has 2 bridgehead atoms. The summed E-state index contributed by atoms with van der Waals surface area (Å²) in [5.41, 5.74) is 5.74. The number of amides is 4. The van der Waals surface area contributed by atoms with Crippen LogP contribution in [0.5, 0.6) is 5.88 Å². The average Bonchev–Trinajstić information content (AvgIpc) is 3.89. The molecule has 3 saturated heterocycles. The molecule has 10 rings (SSSR count). The minimum Gasteiger partial charge on any atom is -0.477 e. The first kappa shape index (κ1) is 42.1. The standard InChI is InChI=1S/C46H51FN12O6/c1-26-6-5-17-65-44-31(21-48-54(44)4)34-20-29(18-27(2)49-34)41(61)52-45-50-33-9-7-28(19-37(33)58(45)22-26)23-55-13-15-56(16-14-55)43(63)30-24-57(25-30)35-10-8-32(47)39-40(35)53(3)46(64)59(39)36-11-12-38(60)51-42(36)62/h7-10,18-21,26,30,36H,5-6,11-17,22-25H2,1-4H3,(H,50,52,61)(H,51,60,62)/t26-,36?/m1/s1. The number of imidazole rings is 2. The molecule has 4 aliphatic rings. The Labute approximate surface area is 372 Å². The van der Waals surface area contributed by atoms with E-state index in [-0.39, 0.29) is 42.0 Å². The van der Waals surface area contributed by atoms with Crippen molar-refractivity contribution in [3.63, 3.8) is 0 Å². The number of fused-ring (bicyclic) bond motifs is 8. The molecule has 4 amide bonds. The van der Waals surface area contributed by atoms with Gasteiger partial charge in [-0.2, -0.15) is 5.10 Å². The van der Waals surface area contributed by atoms with Crippen molar-refractivity contribution < 1.29 is 28.3 Å². The second kappa shape index (κ2) is 16.6. The third kappa shape index (κ3) is 7.70. The van der Waals surface area contributed by atoms with Crippen molar-refractivity contribution in [1.29, 1.82) is 0 Å². The van der Waals surface area contributed by atoms with Gasteiger partial charge >= 0.3 is 5.69 Å². The van der Waals surface area contributed by atoms with Crippen LogP contribution in [0.25, 0.3) is 33.3 Å². The summed E-state index contributed by atoms with van der Waals surface area (Å²) in [6.07, 6.45) is 3.59. The highest BCUT2D eigenvalue weighted by atomic mass is 19.1. The minimum atomic E-state index is -1.00. The van der Waals surface area contributed by atoms with Gasteiger partial charge in [0.2, 0.25) is 29.5 Å². The zero-order valence-electron chi connectivity index (χ0n) is 36.8. The maximum Gasteiger partial charge on any atom is 0.329 e. The number of nitrogens with zero attached hydrogens (tertiary/aromatic N) is 10. The molecule has 2 N–H and O–H groups in total. The number of hydrogen-bond acceptors (Lipinski definition) is 11. The minimum absolute atomic E-state index is 0.0112. The summed E-state index contributed by atoms with van der Waals surface area (Å²) in [5, 5.41) is 9.78. The summed E-state index contributed by atoms with van der Waals surface area (Å²) < 4.78 is 28.0. The van der Waals surface area contributed by atoms with E-state index in [0.717, 1.165) is 39.6 Å². The predicted octanol–water partition coefficient (Wildman–Crippen LogP) is 3.75. The van der Waals surface area contributed by atoms with Crippen LogP contribution in [0.1, 0.15) is 60.3 Å². The van der Waals surface area contributed by atoms with Crippen LogP contribution in [0, 0.1) is 24.6 Å². The lowest BCUT2D eigenvalue weighted by atomic mass is 9.96. The Hall–Kier alpha value is -6.89. The molecule has 4 aromatic heterocycles. The SMILES string of the molecule is Cc1cc2cc(n1)-c1cnn(C)c1OCCC[C@@H](C)Cn1c(nc3ccc(CN4CCN(C(=O)C5CN(c6ccc(F)c7c6n(C)c(=O)n7C6CCC(=O)NC6=O)C5)CC4)cc31)NC2=O. The van der Waals surface area contributed by atoms with Crippen molar-refractivity contribution in [2.24, 2.45) is 25.9 Å². The Bertz CT molecular complexity index is 2970. The number of halogens is 1. The van der Waals surface area contributed by atoms with Crippen LogP contribution in [0.4, 0.5) is 16.0 Å². The summed E-state index contributed by atoms with van der Waals surface area (Å²) in [6, 6.07) is 11.6. The number of carbonyl (C=O) groups excluding carboxylic acids is 4. The molecule has 65 heavy (non-hydrogen) atoms. The Kier molecular flexibility index (Phi) is 10.7. The van der Waals surface area contributed by atoms with Gasteiger partial charge in [0.25, 0.3) is 5.91 Å². The fraction of sp³-hybridized carbons (Fsp3) is 0.435. The lowest BCUT2D eigenvalue weighted by molar-refractivity contribution is -0.138. The third-order valence-electron chi connectivity index (χ3n) is 13.3.